The monoisotopic (exact) mass is 900 g/mol. The van der Waals surface area contributed by atoms with Gasteiger partial charge in [0.15, 0.2) is 0 Å². The molecular formula is C68H56N2. The summed E-state index contributed by atoms with van der Waals surface area (Å²) in [5, 5.41) is 0. The maximum Gasteiger partial charge on any atom is 0.0464 e. The molecular weight excluding hydrogens is 845 g/mol. The lowest BCUT2D eigenvalue weighted by molar-refractivity contribution is 1.27. The van der Waals surface area contributed by atoms with Crippen molar-refractivity contribution in [3.05, 3.63) is 310 Å². The Kier molecular flexibility index (Phi) is 15.3. The Hall–Kier alpha value is -8.98. The first-order chi connectivity index (χ1) is 34.5. The van der Waals surface area contributed by atoms with Crippen molar-refractivity contribution in [2.45, 2.75) is 13.8 Å². The molecule has 0 bridgehead atoms. The molecule has 0 spiro atoms. The van der Waals surface area contributed by atoms with Crippen LogP contribution in [0.25, 0.3) is 48.6 Å². The number of aryl methyl sites for hydroxylation is 2. The summed E-state index contributed by atoms with van der Waals surface area (Å²) in [5.41, 5.74) is 18.4. The van der Waals surface area contributed by atoms with Crippen LogP contribution in [0.2, 0.25) is 0 Å². The van der Waals surface area contributed by atoms with E-state index in [-0.39, 0.29) is 0 Å². The largest absolute Gasteiger partial charge is 0.310 e. The van der Waals surface area contributed by atoms with Crippen LogP contribution >= 0.6 is 0 Å². The standard InChI is InChI=1S/C68H56N2/c1-53-15-13-25-67(51-53)69(63-43-35-57(36-44-63)23-11-9-21-55-17-5-3-6-18-55)65-47-39-61(40-48-65)33-31-59-27-29-60(30-28-59)32-34-62-41-49-66(50-42-62)70(68-26-14-16-54(2)52-68)64-45-37-58(38-46-64)24-12-10-22-56-19-7-4-8-20-56/h3-52H,1-2H3/b21-9+,22-10+,23-11+,24-12+,33-31+,34-32+. The van der Waals surface area contributed by atoms with Gasteiger partial charge in [-0.15, -0.1) is 0 Å². The lowest BCUT2D eigenvalue weighted by atomic mass is 10.1. The van der Waals surface area contributed by atoms with Crippen molar-refractivity contribution in [2.24, 2.45) is 0 Å². The smallest absolute Gasteiger partial charge is 0.0464 e. The fraction of sp³-hybridized carbons (Fsp3) is 0.0294. The highest BCUT2D eigenvalue weighted by Crippen LogP contribution is 2.37. The molecule has 0 radical (unpaired) electrons. The second-order valence-electron chi connectivity index (χ2n) is 17.3. The third kappa shape index (κ3) is 12.7. The van der Waals surface area contributed by atoms with Crippen molar-refractivity contribution < 1.29 is 0 Å². The summed E-state index contributed by atoms with van der Waals surface area (Å²) in [6.07, 6.45) is 25.6. The lowest BCUT2D eigenvalue weighted by Crippen LogP contribution is -2.10. The minimum Gasteiger partial charge on any atom is -0.310 e. The zero-order chi connectivity index (χ0) is 47.7. The summed E-state index contributed by atoms with van der Waals surface area (Å²) in [6, 6.07) is 81.8. The quantitative estimate of drug-likeness (QED) is 0.0704. The topological polar surface area (TPSA) is 6.48 Å². The molecule has 0 atom stereocenters. The van der Waals surface area contributed by atoms with Crippen LogP contribution in [-0.4, -0.2) is 0 Å². The third-order valence-electron chi connectivity index (χ3n) is 12.0. The molecule has 0 saturated carbocycles. The van der Waals surface area contributed by atoms with E-state index in [0.717, 1.165) is 67.5 Å². The highest BCUT2D eigenvalue weighted by atomic mass is 15.1. The van der Waals surface area contributed by atoms with E-state index in [1.54, 1.807) is 0 Å². The van der Waals surface area contributed by atoms with Gasteiger partial charge in [-0.25, -0.2) is 0 Å². The summed E-state index contributed by atoms with van der Waals surface area (Å²) < 4.78 is 0. The van der Waals surface area contributed by atoms with E-state index in [1.165, 1.54) is 22.3 Å². The molecule has 70 heavy (non-hydrogen) atoms. The summed E-state index contributed by atoms with van der Waals surface area (Å²) >= 11 is 0. The van der Waals surface area contributed by atoms with Crippen LogP contribution in [0, 0.1) is 13.8 Å². The van der Waals surface area contributed by atoms with Crippen molar-refractivity contribution in [2.75, 3.05) is 9.80 Å². The lowest BCUT2D eigenvalue weighted by Gasteiger charge is -2.26. The molecule has 2 nitrogen and oxygen atoms in total. The Balaban J connectivity index is 0.837. The first-order valence-corrected chi connectivity index (χ1v) is 23.9. The predicted molar refractivity (Wildman–Crippen MR) is 305 cm³/mol. The molecule has 0 unspecified atom stereocenters. The second-order valence-corrected chi connectivity index (χ2v) is 17.3. The second kappa shape index (κ2) is 23.2. The SMILES string of the molecule is Cc1cccc(N(c2ccc(/C=C/C=C/c3ccccc3)cc2)c2ccc(/C=C/c3ccc(/C=C/c4ccc(N(c5ccc(/C=C/C=C/c6ccccc6)cc5)c5cccc(C)c5)cc4)cc3)cc2)c1. The number of benzene rings is 9. The maximum absolute atomic E-state index is 2.32. The molecule has 0 aliphatic carbocycles. The average Bonchev–Trinajstić information content (AvgIpc) is 3.40. The Bertz CT molecular complexity index is 3040. The first-order valence-electron chi connectivity index (χ1n) is 23.9. The van der Waals surface area contributed by atoms with E-state index in [4.69, 9.17) is 0 Å². The van der Waals surface area contributed by atoms with E-state index in [1.807, 2.05) is 12.1 Å². The zero-order valence-electron chi connectivity index (χ0n) is 39.8. The summed E-state index contributed by atoms with van der Waals surface area (Å²) in [6.45, 7) is 4.28. The molecule has 0 saturated heterocycles. The van der Waals surface area contributed by atoms with Gasteiger partial charge in [-0.2, -0.15) is 0 Å². The van der Waals surface area contributed by atoms with Gasteiger partial charge in [0.2, 0.25) is 0 Å². The minimum atomic E-state index is 1.10. The van der Waals surface area contributed by atoms with Gasteiger partial charge < -0.3 is 9.80 Å². The van der Waals surface area contributed by atoms with E-state index in [9.17, 15) is 0 Å². The molecule has 0 fully saturated rings. The van der Waals surface area contributed by atoms with Crippen molar-refractivity contribution in [3.8, 4) is 0 Å². The van der Waals surface area contributed by atoms with Gasteiger partial charge in [-0.05, 0) is 142 Å². The van der Waals surface area contributed by atoms with Gasteiger partial charge in [0.1, 0.15) is 0 Å². The Morgan fingerprint density at radius 2 is 0.457 bits per heavy atom. The fourth-order valence-corrected chi connectivity index (χ4v) is 8.26. The van der Waals surface area contributed by atoms with Crippen LogP contribution in [-0.2, 0) is 0 Å². The summed E-state index contributed by atoms with van der Waals surface area (Å²) in [7, 11) is 0. The van der Waals surface area contributed by atoms with E-state index in [2.05, 4.69) is 315 Å². The third-order valence-corrected chi connectivity index (χ3v) is 12.0. The number of hydrogen-bond donors (Lipinski definition) is 0. The molecule has 0 amide bonds. The number of rotatable bonds is 16. The van der Waals surface area contributed by atoms with E-state index < -0.39 is 0 Å². The average molecular weight is 901 g/mol. The molecule has 9 rings (SSSR count). The zero-order valence-corrected chi connectivity index (χ0v) is 39.8. The molecule has 2 heteroatoms. The predicted octanol–water partition coefficient (Wildman–Crippen LogP) is 19.0. The minimum absolute atomic E-state index is 1.10. The van der Waals surface area contributed by atoms with Crippen LogP contribution in [0.3, 0.4) is 0 Å². The van der Waals surface area contributed by atoms with E-state index >= 15 is 0 Å². The van der Waals surface area contributed by atoms with Crippen LogP contribution in [0.1, 0.15) is 55.6 Å². The number of allylic oxidation sites excluding steroid dienone is 4. The number of hydrogen-bond acceptors (Lipinski definition) is 2. The maximum atomic E-state index is 2.32. The van der Waals surface area contributed by atoms with Crippen molar-refractivity contribution >= 4 is 82.7 Å². The van der Waals surface area contributed by atoms with Crippen LogP contribution in [0.4, 0.5) is 34.1 Å². The van der Waals surface area contributed by atoms with Crippen molar-refractivity contribution in [1.82, 2.24) is 0 Å². The summed E-state index contributed by atoms with van der Waals surface area (Å²) in [5.74, 6) is 0. The highest BCUT2D eigenvalue weighted by Gasteiger charge is 2.14. The molecule has 0 aliphatic heterocycles. The molecule has 0 aliphatic rings. The van der Waals surface area contributed by atoms with Crippen LogP contribution in [0.15, 0.2) is 255 Å². The van der Waals surface area contributed by atoms with Gasteiger partial charge in [-0.1, -0.05) is 231 Å². The first kappa shape index (κ1) is 46.1. The van der Waals surface area contributed by atoms with Crippen molar-refractivity contribution in [3.63, 3.8) is 0 Å². The fourth-order valence-electron chi connectivity index (χ4n) is 8.26. The molecule has 9 aromatic rings. The van der Waals surface area contributed by atoms with Crippen LogP contribution < -0.4 is 9.80 Å². The van der Waals surface area contributed by atoms with Gasteiger partial charge >= 0.3 is 0 Å². The van der Waals surface area contributed by atoms with E-state index in [0.29, 0.717) is 0 Å². The molecule has 9 aromatic carbocycles. The van der Waals surface area contributed by atoms with Gasteiger partial charge in [0, 0.05) is 34.1 Å². The highest BCUT2D eigenvalue weighted by molar-refractivity contribution is 5.81. The Morgan fingerprint density at radius 3 is 0.729 bits per heavy atom. The molecule has 0 N–H and O–H groups in total. The number of anilines is 6. The Labute approximate surface area is 414 Å². The number of nitrogens with zero attached hydrogens (tertiary/aromatic N) is 2. The molecule has 338 valence electrons. The molecule has 0 heterocycles. The van der Waals surface area contributed by atoms with Crippen molar-refractivity contribution in [1.29, 1.82) is 0 Å². The normalized spacial score (nSPS) is 11.8. The van der Waals surface area contributed by atoms with Gasteiger partial charge in [0.05, 0.1) is 0 Å². The molecule has 0 aromatic heterocycles. The summed E-state index contributed by atoms with van der Waals surface area (Å²) in [4.78, 5) is 4.63. The van der Waals surface area contributed by atoms with Gasteiger partial charge in [0.25, 0.3) is 0 Å². The Morgan fingerprint density at radius 1 is 0.214 bits per heavy atom. The van der Waals surface area contributed by atoms with Gasteiger partial charge in [-0.3, -0.25) is 0 Å². The van der Waals surface area contributed by atoms with Crippen LogP contribution in [0.5, 0.6) is 0 Å².